The van der Waals surface area contributed by atoms with Gasteiger partial charge in [-0.1, -0.05) is 24.3 Å². The van der Waals surface area contributed by atoms with Gasteiger partial charge in [-0.2, -0.15) is 0 Å². The zero-order chi connectivity index (χ0) is 15.4. The standard InChI is InChI=1S/C9H12O3.3CO.Fe/c1-3-8(10)6-4-5-7-9(11)12-2;3*1-2;/h3-8,10H,1H2,2H3;;;;/b6-4+,7-5+;;;;. The summed E-state index contributed by atoms with van der Waals surface area (Å²) in [6.07, 6.45) is 6.48. The minimum Gasteiger partial charge on any atom is 0 e. The minimum atomic E-state index is -0.674. The Balaban J connectivity index is -0.0000000816. The first kappa shape index (κ1) is 30.4. The fourth-order valence-electron chi connectivity index (χ4n) is 0.459. The predicted octanol–water partition coefficient (Wildman–Crippen LogP) is 0.704. The maximum absolute atomic E-state index is 10.5. The normalized spacial score (nSPS) is 8.84. The molecule has 7 heteroatoms. The number of methoxy groups -OCH3 is 1. The van der Waals surface area contributed by atoms with E-state index < -0.39 is 12.1 Å². The number of allylic oxidation sites excluding steroid dienone is 2. The van der Waals surface area contributed by atoms with Gasteiger partial charge in [0.25, 0.3) is 0 Å². The van der Waals surface area contributed by atoms with Crippen LogP contribution in [0.25, 0.3) is 0 Å². The molecule has 0 aromatic heterocycles. The summed E-state index contributed by atoms with van der Waals surface area (Å²) in [4.78, 5) is 10.5. The smallest absolute Gasteiger partial charge is 0 e. The second-order valence-corrected chi connectivity index (χ2v) is 1.99. The van der Waals surface area contributed by atoms with Crippen molar-refractivity contribution in [2.45, 2.75) is 6.10 Å². The molecule has 0 spiro atoms. The van der Waals surface area contributed by atoms with Crippen molar-refractivity contribution in [3.05, 3.63) is 56.9 Å². The van der Waals surface area contributed by atoms with Gasteiger partial charge in [0.15, 0.2) is 0 Å². The van der Waals surface area contributed by atoms with Crippen molar-refractivity contribution in [3.63, 3.8) is 0 Å². The molecule has 0 aliphatic rings. The number of hydrogen-bond donors (Lipinski definition) is 1. The molecule has 0 aromatic rings. The van der Waals surface area contributed by atoms with E-state index in [1.54, 1.807) is 6.08 Å². The molecule has 0 fully saturated rings. The Kier molecular flexibility index (Phi) is 57.6. The van der Waals surface area contributed by atoms with Crippen molar-refractivity contribution < 1.29 is 45.7 Å². The molecule has 0 rings (SSSR count). The van der Waals surface area contributed by atoms with Crippen LogP contribution in [0.2, 0.25) is 0 Å². The second kappa shape index (κ2) is 36.0. The van der Waals surface area contributed by atoms with Gasteiger partial charge in [0.2, 0.25) is 0 Å². The number of hydrogen-bond acceptors (Lipinski definition) is 3. The topological polar surface area (TPSA) is 106 Å². The fourth-order valence-corrected chi connectivity index (χ4v) is 0.459. The van der Waals surface area contributed by atoms with Gasteiger partial charge in [0.05, 0.1) is 13.2 Å². The second-order valence-electron chi connectivity index (χ2n) is 1.99. The summed E-state index contributed by atoms with van der Waals surface area (Å²) >= 11 is 0. The molecule has 0 saturated carbocycles. The van der Waals surface area contributed by atoms with E-state index in [9.17, 15) is 4.79 Å². The summed E-state index contributed by atoms with van der Waals surface area (Å²) in [6, 6.07) is 0. The van der Waals surface area contributed by atoms with Crippen LogP contribution in [-0.4, -0.2) is 24.3 Å². The Morgan fingerprint density at radius 2 is 1.63 bits per heavy atom. The summed E-state index contributed by atoms with van der Waals surface area (Å²) in [5.74, 6) is -0.423. The van der Waals surface area contributed by atoms with Crippen LogP contribution in [0.3, 0.4) is 0 Å². The van der Waals surface area contributed by atoms with Crippen LogP contribution in [0.4, 0.5) is 0 Å². The molecule has 0 aliphatic heterocycles. The van der Waals surface area contributed by atoms with Crippen molar-refractivity contribution in [1.82, 2.24) is 0 Å². The van der Waals surface area contributed by atoms with Crippen LogP contribution in [-0.2, 0) is 40.6 Å². The molecule has 0 amide bonds. The first-order valence-electron chi connectivity index (χ1n) is 4.05. The van der Waals surface area contributed by atoms with Crippen LogP contribution in [0.15, 0.2) is 37.0 Å². The van der Waals surface area contributed by atoms with Gasteiger partial charge in [0.1, 0.15) is 0 Å². The average Bonchev–Trinajstić information content (AvgIpc) is 2.49. The summed E-state index contributed by atoms with van der Waals surface area (Å²) in [5, 5.41) is 8.93. The molecule has 19 heavy (non-hydrogen) atoms. The van der Waals surface area contributed by atoms with Crippen LogP contribution < -0.4 is 0 Å². The third kappa shape index (κ3) is 38.5. The SMILES string of the molecule is C=CC(O)/C=C/C=C/C(=O)OC.[C-]#[O+].[C-]#[O+].[C-]#[O+].[Fe]. The van der Waals surface area contributed by atoms with Gasteiger partial charge in [-0.25, -0.2) is 4.79 Å². The Labute approximate surface area is 122 Å². The monoisotopic (exact) mass is 308 g/mol. The van der Waals surface area contributed by atoms with E-state index in [-0.39, 0.29) is 17.1 Å². The van der Waals surface area contributed by atoms with Crippen LogP contribution in [0.1, 0.15) is 0 Å². The zero-order valence-corrected chi connectivity index (χ0v) is 11.1. The molecule has 0 aromatic carbocycles. The Hall–Kier alpha value is -1.61. The number of rotatable bonds is 4. The van der Waals surface area contributed by atoms with Crippen LogP contribution in [0, 0.1) is 20.0 Å². The van der Waals surface area contributed by atoms with E-state index in [4.69, 9.17) is 19.1 Å². The number of esters is 1. The molecule has 1 unspecified atom stereocenters. The molecule has 0 bridgehead atoms. The third-order valence-electron chi connectivity index (χ3n) is 1.09. The molecule has 0 heterocycles. The number of aliphatic hydroxyl groups excluding tert-OH is 1. The van der Waals surface area contributed by atoms with Crippen molar-refractivity contribution in [2.24, 2.45) is 0 Å². The number of aliphatic hydroxyl groups is 1. The van der Waals surface area contributed by atoms with Gasteiger partial charge < -0.3 is 9.84 Å². The first-order valence-corrected chi connectivity index (χ1v) is 4.05. The molecule has 1 atom stereocenters. The summed E-state index contributed by atoms with van der Waals surface area (Å²) < 4.78 is 26.8. The van der Waals surface area contributed by atoms with Crippen molar-refractivity contribution in [1.29, 1.82) is 0 Å². The molecule has 0 radical (unpaired) electrons. The number of ether oxygens (including phenoxy) is 1. The third-order valence-corrected chi connectivity index (χ3v) is 1.09. The van der Waals surface area contributed by atoms with Crippen molar-refractivity contribution in [3.8, 4) is 0 Å². The van der Waals surface area contributed by atoms with Gasteiger partial charge >= 0.3 is 39.9 Å². The molecule has 104 valence electrons. The van der Waals surface area contributed by atoms with E-state index in [1.807, 2.05) is 0 Å². The Morgan fingerprint density at radius 1 is 1.21 bits per heavy atom. The van der Waals surface area contributed by atoms with Crippen molar-refractivity contribution in [2.75, 3.05) is 7.11 Å². The quantitative estimate of drug-likeness (QED) is 0.157. The number of carbonyl (C=O) groups is 1. The number of carbonyl (C=O) groups excluding carboxylic acids is 1. The summed E-state index contributed by atoms with van der Waals surface area (Å²) in [6.45, 7) is 16.9. The van der Waals surface area contributed by atoms with Gasteiger partial charge in [-0.15, -0.1) is 6.58 Å². The molecule has 6 nitrogen and oxygen atoms in total. The maximum atomic E-state index is 10.5. The van der Waals surface area contributed by atoms with E-state index in [0.29, 0.717) is 0 Å². The fraction of sp³-hybridized carbons (Fsp3) is 0.167. The van der Waals surface area contributed by atoms with Crippen LogP contribution >= 0.6 is 0 Å². The minimum absolute atomic E-state index is 0. The van der Waals surface area contributed by atoms with E-state index in [1.165, 1.54) is 31.4 Å². The Bertz CT molecular complexity index is 300. The maximum Gasteiger partial charge on any atom is 0 e. The zero-order valence-electron chi connectivity index (χ0n) is 10.0. The molecular weight excluding hydrogens is 296 g/mol. The summed E-state index contributed by atoms with van der Waals surface area (Å²) in [5.41, 5.74) is 0. The molecule has 0 saturated heterocycles. The van der Waals surface area contributed by atoms with E-state index in [2.05, 4.69) is 31.3 Å². The van der Waals surface area contributed by atoms with Gasteiger partial charge in [-0.05, 0) is 0 Å². The van der Waals surface area contributed by atoms with Gasteiger partial charge in [0, 0.05) is 23.1 Å². The first-order chi connectivity index (χ1) is 8.70. The predicted molar refractivity (Wildman–Crippen MR) is 58.3 cm³/mol. The average molecular weight is 308 g/mol. The molecule has 0 aliphatic carbocycles. The van der Waals surface area contributed by atoms with Crippen LogP contribution in [0.5, 0.6) is 0 Å². The molecule has 1 N–H and O–H groups in total. The van der Waals surface area contributed by atoms with E-state index in [0.717, 1.165) is 0 Å². The van der Waals surface area contributed by atoms with Gasteiger partial charge in [-0.3, -0.25) is 0 Å². The van der Waals surface area contributed by atoms with Crippen molar-refractivity contribution >= 4 is 5.97 Å². The Morgan fingerprint density at radius 3 is 1.95 bits per heavy atom. The molecular formula is C12H12FeO6. The largest absolute Gasteiger partial charge is 0 e. The van der Waals surface area contributed by atoms with E-state index >= 15 is 0 Å². The summed E-state index contributed by atoms with van der Waals surface area (Å²) in [7, 11) is 1.30.